The summed E-state index contributed by atoms with van der Waals surface area (Å²) >= 11 is 0. The van der Waals surface area contributed by atoms with Crippen molar-refractivity contribution < 1.29 is 9.53 Å². The van der Waals surface area contributed by atoms with Crippen molar-refractivity contribution in [2.24, 2.45) is 0 Å². The fourth-order valence-electron chi connectivity index (χ4n) is 2.77. The van der Waals surface area contributed by atoms with Crippen LogP contribution in [0.15, 0.2) is 60.8 Å². The molecule has 0 spiro atoms. The lowest BCUT2D eigenvalue weighted by Gasteiger charge is -2.11. The fourth-order valence-corrected chi connectivity index (χ4v) is 2.77. The van der Waals surface area contributed by atoms with Gasteiger partial charge >= 0.3 is 0 Å². The molecule has 0 saturated heterocycles. The van der Waals surface area contributed by atoms with Crippen LogP contribution < -0.4 is 15.4 Å². The van der Waals surface area contributed by atoms with E-state index in [-0.39, 0.29) is 12.3 Å². The molecule has 5 heteroatoms. The van der Waals surface area contributed by atoms with Crippen LogP contribution >= 0.6 is 0 Å². The number of carbonyl (C=O) groups excluding carboxylic acids is 1. The van der Waals surface area contributed by atoms with Gasteiger partial charge in [0.1, 0.15) is 11.6 Å². The van der Waals surface area contributed by atoms with Gasteiger partial charge in [-0.15, -0.1) is 0 Å². The highest BCUT2D eigenvalue weighted by molar-refractivity contribution is 5.91. The molecule has 1 heterocycles. The fraction of sp³-hybridized carbons (Fsp3) is 0.182. The van der Waals surface area contributed by atoms with Crippen LogP contribution in [-0.4, -0.2) is 18.0 Å². The standard InChI is InChI=1S/C22H23N3O2/c1-15-4-10-20(16(2)12-15)24-18-7-11-21(23-14-18)25-22(26)13-17-5-8-19(27-3)9-6-17/h4-12,14,24H,13H2,1-3H3,(H,23,25,26). The second-order valence-corrected chi connectivity index (χ2v) is 6.45. The second-order valence-electron chi connectivity index (χ2n) is 6.45. The van der Waals surface area contributed by atoms with Gasteiger partial charge in [-0.1, -0.05) is 29.8 Å². The molecule has 3 aromatic rings. The van der Waals surface area contributed by atoms with Gasteiger partial charge in [-0.2, -0.15) is 0 Å². The summed E-state index contributed by atoms with van der Waals surface area (Å²) in [5, 5.41) is 6.16. The summed E-state index contributed by atoms with van der Waals surface area (Å²) < 4.78 is 5.12. The average Bonchev–Trinajstić information content (AvgIpc) is 2.66. The van der Waals surface area contributed by atoms with E-state index in [1.807, 2.05) is 30.3 Å². The van der Waals surface area contributed by atoms with Gasteiger partial charge in [0.25, 0.3) is 0 Å². The van der Waals surface area contributed by atoms with E-state index >= 15 is 0 Å². The molecule has 0 aliphatic carbocycles. The molecule has 0 aliphatic heterocycles. The Balaban J connectivity index is 1.58. The maximum Gasteiger partial charge on any atom is 0.229 e. The third-order valence-electron chi connectivity index (χ3n) is 4.22. The van der Waals surface area contributed by atoms with E-state index in [2.05, 4.69) is 47.7 Å². The molecule has 0 fully saturated rings. The summed E-state index contributed by atoms with van der Waals surface area (Å²) in [5.74, 6) is 1.19. The zero-order valence-electron chi connectivity index (χ0n) is 15.7. The highest BCUT2D eigenvalue weighted by Gasteiger charge is 2.06. The van der Waals surface area contributed by atoms with Crippen molar-refractivity contribution in [3.8, 4) is 5.75 Å². The maximum absolute atomic E-state index is 12.2. The molecule has 0 saturated carbocycles. The highest BCUT2D eigenvalue weighted by Crippen LogP contribution is 2.21. The van der Waals surface area contributed by atoms with Crippen molar-refractivity contribution in [1.29, 1.82) is 0 Å². The third-order valence-corrected chi connectivity index (χ3v) is 4.22. The Morgan fingerprint density at radius 3 is 2.44 bits per heavy atom. The number of hydrogen-bond acceptors (Lipinski definition) is 4. The molecule has 2 aromatic carbocycles. The second kappa shape index (κ2) is 8.36. The van der Waals surface area contributed by atoms with Crippen molar-refractivity contribution in [1.82, 2.24) is 4.98 Å². The van der Waals surface area contributed by atoms with Crippen LogP contribution in [0.5, 0.6) is 5.75 Å². The molecule has 2 N–H and O–H groups in total. The van der Waals surface area contributed by atoms with Gasteiger partial charge < -0.3 is 15.4 Å². The molecule has 138 valence electrons. The van der Waals surface area contributed by atoms with E-state index in [0.29, 0.717) is 5.82 Å². The minimum atomic E-state index is -0.109. The summed E-state index contributed by atoms with van der Waals surface area (Å²) in [6.45, 7) is 4.14. The van der Waals surface area contributed by atoms with Crippen LogP contribution in [-0.2, 0) is 11.2 Å². The lowest BCUT2D eigenvalue weighted by Crippen LogP contribution is -2.15. The van der Waals surface area contributed by atoms with Crippen LogP contribution in [0.1, 0.15) is 16.7 Å². The molecule has 27 heavy (non-hydrogen) atoms. The first kappa shape index (κ1) is 18.5. The molecule has 0 aliphatic rings. The van der Waals surface area contributed by atoms with Crippen molar-refractivity contribution in [2.75, 3.05) is 17.7 Å². The van der Waals surface area contributed by atoms with E-state index in [1.165, 1.54) is 11.1 Å². The highest BCUT2D eigenvalue weighted by atomic mass is 16.5. The number of rotatable bonds is 6. The first-order chi connectivity index (χ1) is 13.0. The van der Waals surface area contributed by atoms with Crippen LogP contribution in [0.3, 0.4) is 0 Å². The summed E-state index contributed by atoms with van der Waals surface area (Å²) in [5.41, 5.74) is 5.23. The van der Waals surface area contributed by atoms with Crippen LogP contribution in [0.25, 0.3) is 0 Å². The van der Waals surface area contributed by atoms with Gasteiger partial charge in [-0.3, -0.25) is 4.79 Å². The molecule has 0 bridgehead atoms. The number of anilines is 3. The zero-order valence-corrected chi connectivity index (χ0v) is 15.7. The van der Waals surface area contributed by atoms with E-state index in [0.717, 1.165) is 22.7 Å². The number of pyridine rings is 1. The summed E-state index contributed by atoms with van der Waals surface area (Å²) in [6, 6.07) is 17.4. The third kappa shape index (κ3) is 5.07. The summed E-state index contributed by atoms with van der Waals surface area (Å²) in [6.07, 6.45) is 2.00. The number of carbonyl (C=O) groups is 1. The summed E-state index contributed by atoms with van der Waals surface area (Å²) in [7, 11) is 1.62. The van der Waals surface area contributed by atoms with Gasteiger partial charge in [0.15, 0.2) is 0 Å². The summed E-state index contributed by atoms with van der Waals surface area (Å²) in [4.78, 5) is 16.5. The van der Waals surface area contributed by atoms with Gasteiger partial charge in [0.2, 0.25) is 5.91 Å². The number of ether oxygens (including phenoxy) is 1. The molecule has 1 amide bonds. The SMILES string of the molecule is COc1ccc(CC(=O)Nc2ccc(Nc3ccc(C)cc3C)cn2)cc1. The first-order valence-corrected chi connectivity index (χ1v) is 8.76. The minimum absolute atomic E-state index is 0.109. The molecule has 0 radical (unpaired) electrons. The molecule has 0 atom stereocenters. The Morgan fingerprint density at radius 2 is 1.81 bits per heavy atom. The quantitative estimate of drug-likeness (QED) is 0.672. The Bertz CT molecular complexity index is 919. The minimum Gasteiger partial charge on any atom is -0.497 e. The number of nitrogens with one attached hydrogen (secondary N) is 2. The van der Waals surface area contributed by atoms with Crippen molar-refractivity contribution in [2.45, 2.75) is 20.3 Å². The number of amides is 1. The normalized spacial score (nSPS) is 10.3. The number of benzene rings is 2. The number of hydrogen-bond donors (Lipinski definition) is 2. The Labute approximate surface area is 159 Å². The smallest absolute Gasteiger partial charge is 0.229 e. The molecule has 1 aromatic heterocycles. The lowest BCUT2D eigenvalue weighted by atomic mass is 10.1. The van der Waals surface area contributed by atoms with Crippen molar-refractivity contribution in [3.05, 3.63) is 77.5 Å². The van der Waals surface area contributed by atoms with Gasteiger partial charge in [-0.25, -0.2) is 4.98 Å². The molecule has 3 rings (SSSR count). The number of nitrogens with zero attached hydrogens (tertiary/aromatic N) is 1. The lowest BCUT2D eigenvalue weighted by molar-refractivity contribution is -0.115. The molecule has 0 unspecified atom stereocenters. The number of methoxy groups -OCH3 is 1. The van der Waals surface area contributed by atoms with Gasteiger partial charge in [0.05, 0.1) is 25.4 Å². The average molecular weight is 361 g/mol. The Morgan fingerprint density at radius 1 is 1.04 bits per heavy atom. The monoisotopic (exact) mass is 361 g/mol. The Kier molecular flexibility index (Phi) is 5.71. The van der Waals surface area contributed by atoms with Crippen LogP contribution in [0.2, 0.25) is 0 Å². The number of aromatic nitrogens is 1. The topological polar surface area (TPSA) is 63.2 Å². The van der Waals surface area contributed by atoms with Crippen LogP contribution in [0, 0.1) is 13.8 Å². The predicted molar refractivity (Wildman–Crippen MR) is 109 cm³/mol. The molecule has 5 nitrogen and oxygen atoms in total. The van der Waals surface area contributed by atoms with E-state index in [4.69, 9.17) is 4.74 Å². The molecular formula is C22H23N3O2. The zero-order chi connectivity index (χ0) is 19.2. The van der Waals surface area contributed by atoms with Crippen molar-refractivity contribution >= 4 is 23.1 Å². The number of aryl methyl sites for hydroxylation is 2. The largest absolute Gasteiger partial charge is 0.497 e. The van der Waals surface area contributed by atoms with Crippen molar-refractivity contribution in [3.63, 3.8) is 0 Å². The van der Waals surface area contributed by atoms with Gasteiger partial charge in [-0.05, 0) is 55.3 Å². The molecular weight excluding hydrogens is 338 g/mol. The maximum atomic E-state index is 12.2. The van der Waals surface area contributed by atoms with E-state index in [1.54, 1.807) is 19.4 Å². The van der Waals surface area contributed by atoms with Crippen LogP contribution in [0.4, 0.5) is 17.2 Å². The van der Waals surface area contributed by atoms with E-state index < -0.39 is 0 Å². The van der Waals surface area contributed by atoms with E-state index in [9.17, 15) is 4.79 Å². The Hall–Kier alpha value is -3.34. The first-order valence-electron chi connectivity index (χ1n) is 8.76. The predicted octanol–water partition coefficient (Wildman–Crippen LogP) is 4.63. The van der Waals surface area contributed by atoms with Gasteiger partial charge in [0, 0.05) is 5.69 Å².